The van der Waals surface area contributed by atoms with Crippen LogP contribution in [0.15, 0.2) is 76.7 Å². The SMILES string of the molecule is CCCc1ccc2c(Nc3cc(C)ccc3Sc3ccc(OS(=O)(=O)C(C)C)cc3)ccnc2n1. The van der Waals surface area contributed by atoms with E-state index in [1.165, 1.54) is 0 Å². The molecule has 2 heterocycles. The Morgan fingerprint density at radius 3 is 2.49 bits per heavy atom. The van der Waals surface area contributed by atoms with E-state index >= 15 is 0 Å². The molecule has 6 nitrogen and oxygen atoms in total. The van der Waals surface area contributed by atoms with E-state index in [1.807, 2.05) is 18.2 Å². The number of nitrogens with zero attached hydrogens (tertiary/aromatic N) is 2. The Balaban J connectivity index is 1.59. The van der Waals surface area contributed by atoms with Crippen LogP contribution in [0.5, 0.6) is 5.75 Å². The van der Waals surface area contributed by atoms with E-state index in [4.69, 9.17) is 9.17 Å². The van der Waals surface area contributed by atoms with E-state index in [0.717, 1.165) is 56.3 Å². The second-order valence-corrected chi connectivity index (χ2v) is 11.8. The summed E-state index contributed by atoms with van der Waals surface area (Å²) in [7, 11) is -3.62. The van der Waals surface area contributed by atoms with E-state index in [9.17, 15) is 8.42 Å². The number of rotatable bonds is 9. The van der Waals surface area contributed by atoms with Gasteiger partial charge < -0.3 is 9.50 Å². The molecule has 0 saturated carbocycles. The summed E-state index contributed by atoms with van der Waals surface area (Å²) in [5.74, 6) is 0.309. The monoisotopic (exact) mass is 507 g/mol. The van der Waals surface area contributed by atoms with Crippen molar-refractivity contribution in [1.82, 2.24) is 9.97 Å². The zero-order valence-electron chi connectivity index (χ0n) is 20.3. The number of hydrogen-bond acceptors (Lipinski definition) is 7. The molecule has 0 bridgehead atoms. The van der Waals surface area contributed by atoms with E-state index in [0.29, 0.717) is 5.75 Å². The molecular formula is C27H29N3O3S2. The fourth-order valence-electron chi connectivity index (χ4n) is 3.47. The Labute approximate surface area is 211 Å². The summed E-state index contributed by atoms with van der Waals surface area (Å²) in [5, 5.41) is 3.95. The normalized spacial score (nSPS) is 11.7. The summed E-state index contributed by atoms with van der Waals surface area (Å²) < 4.78 is 29.2. The van der Waals surface area contributed by atoms with Gasteiger partial charge in [0.25, 0.3) is 0 Å². The molecule has 0 amide bonds. The van der Waals surface area contributed by atoms with Gasteiger partial charge in [-0.2, -0.15) is 8.42 Å². The van der Waals surface area contributed by atoms with Crippen LogP contribution in [0.2, 0.25) is 0 Å². The minimum Gasteiger partial charge on any atom is -0.382 e. The highest BCUT2D eigenvalue weighted by Crippen LogP contribution is 2.37. The predicted molar refractivity (Wildman–Crippen MR) is 143 cm³/mol. The highest BCUT2D eigenvalue weighted by molar-refractivity contribution is 7.99. The Bertz CT molecular complexity index is 1440. The average Bonchev–Trinajstić information content (AvgIpc) is 2.82. The molecule has 0 unspecified atom stereocenters. The maximum absolute atomic E-state index is 12.0. The quantitative estimate of drug-likeness (QED) is 0.247. The number of aromatic nitrogens is 2. The topological polar surface area (TPSA) is 81.2 Å². The van der Waals surface area contributed by atoms with Crippen molar-refractivity contribution in [2.45, 2.75) is 55.6 Å². The number of hydrogen-bond donors (Lipinski definition) is 1. The first-order valence-electron chi connectivity index (χ1n) is 11.6. The van der Waals surface area contributed by atoms with Gasteiger partial charge in [-0.15, -0.1) is 0 Å². The van der Waals surface area contributed by atoms with E-state index in [2.05, 4.69) is 54.5 Å². The fourth-order valence-corrected chi connectivity index (χ4v) is 4.92. The summed E-state index contributed by atoms with van der Waals surface area (Å²) in [4.78, 5) is 11.2. The zero-order chi connectivity index (χ0) is 25.0. The van der Waals surface area contributed by atoms with Crippen LogP contribution >= 0.6 is 11.8 Å². The molecule has 0 saturated heterocycles. The molecule has 2 aromatic carbocycles. The highest BCUT2D eigenvalue weighted by atomic mass is 32.2. The number of anilines is 2. The number of fused-ring (bicyclic) bond motifs is 1. The molecule has 0 fully saturated rings. The molecule has 0 aliphatic heterocycles. The van der Waals surface area contributed by atoms with Crippen LogP contribution < -0.4 is 9.50 Å². The van der Waals surface area contributed by atoms with Gasteiger partial charge in [0.05, 0.1) is 16.6 Å². The van der Waals surface area contributed by atoms with Gasteiger partial charge in [-0.25, -0.2) is 9.97 Å². The lowest BCUT2D eigenvalue weighted by Gasteiger charge is -2.15. The maximum Gasteiger partial charge on any atom is 0.311 e. The Morgan fingerprint density at radius 2 is 1.77 bits per heavy atom. The van der Waals surface area contributed by atoms with Crippen molar-refractivity contribution in [3.8, 4) is 5.75 Å². The number of nitrogens with one attached hydrogen (secondary N) is 1. The van der Waals surface area contributed by atoms with Crippen molar-refractivity contribution in [3.63, 3.8) is 0 Å². The number of aryl methyl sites for hydroxylation is 2. The van der Waals surface area contributed by atoms with Gasteiger partial charge in [0, 0.05) is 27.1 Å². The second-order valence-electron chi connectivity index (χ2n) is 8.61. The van der Waals surface area contributed by atoms with E-state index in [1.54, 1.807) is 43.9 Å². The number of benzene rings is 2. The Morgan fingerprint density at radius 1 is 1.00 bits per heavy atom. The van der Waals surface area contributed by atoms with E-state index < -0.39 is 15.4 Å². The molecule has 35 heavy (non-hydrogen) atoms. The summed E-state index contributed by atoms with van der Waals surface area (Å²) in [6.45, 7) is 7.39. The van der Waals surface area contributed by atoms with Crippen LogP contribution in [0.1, 0.15) is 38.4 Å². The average molecular weight is 508 g/mol. The van der Waals surface area contributed by atoms with Crippen LogP contribution in [0, 0.1) is 6.92 Å². The molecule has 1 N–H and O–H groups in total. The lowest BCUT2D eigenvalue weighted by Crippen LogP contribution is -2.19. The van der Waals surface area contributed by atoms with Gasteiger partial charge in [0.1, 0.15) is 5.75 Å². The zero-order valence-corrected chi connectivity index (χ0v) is 21.9. The molecule has 0 spiro atoms. The third-order valence-corrected chi connectivity index (χ3v) is 8.08. The van der Waals surface area contributed by atoms with Crippen molar-refractivity contribution >= 4 is 44.3 Å². The maximum atomic E-state index is 12.0. The lowest BCUT2D eigenvalue weighted by molar-refractivity contribution is 0.477. The van der Waals surface area contributed by atoms with Crippen LogP contribution in [0.25, 0.3) is 11.0 Å². The lowest BCUT2D eigenvalue weighted by atomic mass is 10.1. The summed E-state index contributed by atoms with van der Waals surface area (Å²) in [6, 6.07) is 19.4. The smallest absolute Gasteiger partial charge is 0.311 e. The van der Waals surface area contributed by atoms with Crippen molar-refractivity contribution < 1.29 is 12.6 Å². The molecule has 0 aliphatic carbocycles. The van der Waals surface area contributed by atoms with Gasteiger partial charge in [0.2, 0.25) is 0 Å². The summed E-state index contributed by atoms with van der Waals surface area (Å²) >= 11 is 1.59. The highest BCUT2D eigenvalue weighted by Gasteiger charge is 2.18. The van der Waals surface area contributed by atoms with Gasteiger partial charge >= 0.3 is 10.1 Å². The predicted octanol–water partition coefficient (Wildman–Crippen LogP) is 6.90. The molecule has 0 aliphatic rings. The molecule has 2 aromatic heterocycles. The van der Waals surface area contributed by atoms with Crippen LogP contribution in [0.4, 0.5) is 11.4 Å². The summed E-state index contributed by atoms with van der Waals surface area (Å²) in [5.41, 5.74) is 4.84. The Hall–Kier alpha value is -3.10. The first-order chi connectivity index (χ1) is 16.7. The van der Waals surface area contributed by atoms with Crippen molar-refractivity contribution in [1.29, 1.82) is 0 Å². The van der Waals surface area contributed by atoms with Gasteiger partial charge in [-0.3, -0.25) is 0 Å². The second kappa shape index (κ2) is 10.7. The van der Waals surface area contributed by atoms with Gasteiger partial charge in [-0.1, -0.05) is 31.2 Å². The fraction of sp³-hybridized carbons (Fsp3) is 0.259. The summed E-state index contributed by atoms with van der Waals surface area (Å²) in [6.07, 6.45) is 3.75. The minimum atomic E-state index is -3.62. The molecule has 0 radical (unpaired) electrons. The minimum absolute atomic E-state index is 0.309. The first kappa shape index (κ1) is 25.0. The van der Waals surface area contributed by atoms with Crippen LogP contribution in [-0.2, 0) is 16.5 Å². The van der Waals surface area contributed by atoms with E-state index in [-0.39, 0.29) is 0 Å². The van der Waals surface area contributed by atoms with Crippen molar-refractivity contribution in [2.75, 3.05) is 5.32 Å². The largest absolute Gasteiger partial charge is 0.382 e. The standard InChI is InChI=1S/C27H29N3O3S2/c1-5-6-20-8-13-23-24(15-16-28-27(23)29-20)30-25-17-19(4)7-14-26(25)34-22-11-9-21(10-12-22)33-35(31,32)18(2)3/h7-18H,5-6H2,1-4H3,(H,28,29,30). The van der Waals surface area contributed by atoms with Crippen molar-refractivity contribution in [2.24, 2.45) is 0 Å². The van der Waals surface area contributed by atoms with Gasteiger partial charge in [0.15, 0.2) is 5.65 Å². The molecule has 8 heteroatoms. The molecular weight excluding hydrogens is 478 g/mol. The molecule has 4 aromatic rings. The van der Waals surface area contributed by atoms with Crippen LogP contribution in [0.3, 0.4) is 0 Å². The van der Waals surface area contributed by atoms with Gasteiger partial charge in [-0.05, 0) is 87.4 Å². The first-order valence-corrected chi connectivity index (χ1v) is 13.9. The van der Waals surface area contributed by atoms with Crippen LogP contribution in [-0.4, -0.2) is 23.6 Å². The third-order valence-electron chi connectivity index (χ3n) is 5.41. The molecule has 4 rings (SSSR count). The molecule has 182 valence electrons. The van der Waals surface area contributed by atoms with Crippen molar-refractivity contribution in [3.05, 3.63) is 78.1 Å². The third kappa shape index (κ3) is 6.13. The number of pyridine rings is 2. The molecule has 0 atom stereocenters. The Kier molecular flexibility index (Phi) is 7.62.